The molecule has 162 valence electrons. The summed E-state index contributed by atoms with van der Waals surface area (Å²) in [7, 11) is 1.79. The maximum absolute atomic E-state index is 13.8. The Morgan fingerprint density at radius 2 is 2.00 bits per heavy atom. The highest BCUT2D eigenvalue weighted by Gasteiger charge is 2.17. The molecule has 0 radical (unpaired) electrons. The molecular formula is C20H18Cl2FN5O2S. The van der Waals surface area contributed by atoms with E-state index in [0.717, 1.165) is 0 Å². The molecule has 0 bridgehead atoms. The van der Waals surface area contributed by atoms with Crippen LogP contribution >= 0.6 is 35.0 Å². The lowest BCUT2D eigenvalue weighted by Crippen LogP contribution is -2.27. The van der Waals surface area contributed by atoms with Crippen LogP contribution in [0, 0.1) is 5.82 Å². The highest BCUT2D eigenvalue weighted by Crippen LogP contribution is 2.29. The number of rotatable bonds is 7. The number of hydrogen-bond donors (Lipinski definition) is 2. The fourth-order valence-corrected chi connectivity index (χ4v) is 3.93. The summed E-state index contributed by atoms with van der Waals surface area (Å²) in [5, 5.41) is 13.9. The predicted octanol–water partition coefficient (Wildman–Crippen LogP) is 4.48. The number of nitrogens with zero attached hydrogens (tertiary/aromatic N) is 3. The average molecular weight is 482 g/mol. The molecule has 2 aromatic carbocycles. The minimum absolute atomic E-state index is 0.0898. The second-order valence-electron chi connectivity index (χ2n) is 6.63. The summed E-state index contributed by atoms with van der Waals surface area (Å²) >= 11 is 13.1. The zero-order chi connectivity index (χ0) is 22.5. The first-order valence-electron chi connectivity index (χ1n) is 9.06. The lowest BCUT2D eigenvalue weighted by Gasteiger charge is -2.17. The van der Waals surface area contributed by atoms with Gasteiger partial charge in [-0.2, -0.15) is 0 Å². The second kappa shape index (κ2) is 10.1. The number of benzene rings is 2. The van der Waals surface area contributed by atoms with Gasteiger partial charge in [0.2, 0.25) is 5.91 Å². The van der Waals surface area contributed by atoms with Gasteiger partial charge in [0, 0.05) is 23.3 Å². The molecule has 0 saturated heterocycles. The van der Waals surface area contributed by atoms with Crippen molar-refractivity contribution in [2.75, 3.05) is 11.1 Å². The van der Waals surface area contributed by atoms with Gasteiger partial charge in [-0.3, -0.25) is 9.59 Å². The Morgan fingerprint density at radius 1 is 1.23 bits per heavy atom. The Balaban J connectivity index is 1.62. The molecule has 31 heavy (non-hydrogen) atoms. The van der Waals surface area contributed by atoms with Crippen LogP contribution in [0.2, 0.25) is 10.0 Å². The van der Waals surface area contributed by atoms with E-state index >= 15 is 0 Å². The van der Waals surface area contributed by atoms with E-state index in [9.17, 15) is 14.0 Å². The fraction of sp³-hybridized carbons (Fsp3) is 0.200. The number of thioether (sulfide) groups is 1. The number of carbonyl (C=O) groups is 2. The average Bonchev–Trinajstić information content (AvgIpc) is 3.14. The van der Waals surface area contributed by atoms with E-state index in [1.54, 1.807) is 49.1 Å². The Morgan fingerprint density at radius 3 is 2.71 bits per heavy atom. The molecule has 1 aromatic heterocycles. The lowest BCUT2D eigenvalue weighted by atomic mass is 10.1. The van der Waals surface area contributed by atoms with Crippen LogP contribution in [0.3, 0.4) is 0 Å². The van der Waals surface area contributed by atoms with Crippen molar-refractivity contribution in [1.82, 2.24) is 20.1 Å². The molecule has 0 fully saturated rings. The molecule has 0 spiro atoms. The van der Waals surface area contributed by atoms with E-state index in [2.05, 4.69) is 20.8 Å². The Kier molecular flexibility index (Phi) is 7.53. The van der Waals surface area contributed by atoms with Crippen LogP contribution in [0.4, 0.5) is 10.1 Å². The standard InChI is InChI=1S/C20H18Cl2FN5O2S/c1-11(14-7-17(23)16(22)8-15(14)21)25-19(30)12-4-3-5-13(6-12)26-18(29)9-31-20-27-24-10-28(20)2/h3-8,10-11H,9H2,1-2H3,(H,25,30)(H,26,29). The molecule has 3 aromatic rings. The van der Waals surface area contributed by atoms with Gasteiger partial charge in [-0.1, -0.05) is 41.0 Å². The lowest BCUT2D eigenvalue weighted by molar-refractivity contribution is -0.113. The van der Waals surface area contributed by atoms with Crippen molar-refractivity contribution in [2.24, 2.45) is 7.05 Å². The summed E-state index contributed by atoms with van der Waals surface area (Å²) in [4.78, 5) is 24.8. The van der Waals surface area contributed by atoms with E-state index in [-0.39, 0.29) is 21.7 Å². The monoisotopic (exact) mass is 481 g/mol. The van der Waals surface area contributed by atoms with Crippen molar-refractivity contribution in [1.29, 1.82) is 0 Å². The number of aromatic nitrogens is 3. The number of hydrogen-bond acceptors (Lipinski definition) is 5. The molecule has 1 unspecified atom stereocenters. The van der Waals surface area contributed by atoms with Crippen molar-refractivity contribution in [3.8, 4) is 0 Å². The first kappa shape index (κ1) is 23.1. The van der Waals surface area contributed by atoms with Gasteiger partial charge in [0.15, 0.2) is 5.16 Å². The van der Waals surface area contributed by atoms with Crippen molar-refractivity contribution < 1.29 is 14.0 Å². The van der Waals surface area contributed by atoms with E-state index in [0.29, 0.717) is 22.0 Å². The summed E-state index contributed by atoms with van der Waals surface area (Å²) in [5.74, 6) is -1.13. The normalized spacial score (nSPS) is 11.8. The molecule has 7 nitrogen and oxygen atoms in total. The Bertz CT molecular complexity index is 1120. The summed E-state index contributed by atoms with van der Waals surface area (Å²) in [6.07, 6.45) is 1.55. The maximum atomic E-state index is 13.8. The predicted molar refractivity (Wildman–Crippen MR) is 119 cm³/mol. The van der Waals surface area contributed by atoms with Crippen molar-refractivity contribution in [3.05, 3.63) is 69.7 Å². The molecule has 3 rings (SSSR count). The van der Waals surface area contributed by atoms with E-state index < -0.39 is 17.8 Å². The van der Waals surface area contributed by atoms with E-state index in [4.69, 9.17) is 23.2 Å². The van der Waals surface area contributed by atoms with Gasteiger partial charge in [-0.15, -0.1) is 10.2 Å². The van der Waals surface area contributed by atoms with Crippen molar-refractivity contribution in [2.45, 2.75) is 18.1 Å². The fourth-order valence-electron chi connectivity index (χ4n) is 2.70. The first-order valence-corrected chi connectivity index (χ1v) is 10.8. The quantitative estimate of drug-likeness (QED) is 0.383. The second-order valence-corrected chi connectivity index (χ2v) is 8.38. The van der Waals surface area contributed by atoms with Crippen LogP contribution in [0.1, 0.15) is 28.9 Å². The molecule has 0 aliphatic heterocycles. The van der Waals surface area contributed by atoms with Crippen LogP contribution < -0.4 is 10.6 Å². The van der Waals surface area contributed by atoms with Crippen LogP contribution in [0.5, 0.6) is 0 Å². The van der Waals surface area contributed by atoms with Gasteiger partial charge in [0.25, 0.3) is 5.91 Å². The molecule has 2 N–H and O–H groups in total. The smallest absolute Gasteiger partial charge is 0.251 e. The summed E-state index contributed by atoms with van der Waals surface area (Å²) in [6.45, 7) is 1.68. The number of aryl methyl sites for hydroxylation is 1. The minimum atomic E-state index is -0.619. The number of carbonyl (C=O) groups excluding carboxylic acids is 2. The third kappa shape index (κ3) is 5.96. The largest absolute Gasteiger partial charge is 0.345 e. The van der Waals surface area contributed by atoms with Gasteiger partial charge in [-0.25, -0.2) is 4.39 Å². The number of anilines is 1. The third-order valence-electron chi connectivity index (χ3n) is 4.26. The molecule has 1 heterocycles. The molecule has 11 heteroatoms. The van der Waals surface area contributed by atoms with Crippen LogP contribution in [0.25, 0.3) is 0 Å². The molecule has 1 atom stereocenters. The van der Waals surface area contributed by atoms with Crippen LogP contribution in [0.15, 0.2) is 47.9 Å². The molecule has 0 aliphatic carbocycles. The van der Waals surface area contributed by atoms with Gasteiger partial charge in [0.05, 0.1) is 16.8 Å². The van der Waals surface area contributed by atoms with Crippen LogP contribution in [-0.2, 0) is 11.8 Å². The summed E-state index contributed by atoms with van der Waals surface area (Å²) < 4.78 is 15.5. The van der Waals surface area contributed by atoms with Gasteiger partial charge < -0.3 is 15.2 Å². The van der Waals surface area contributed by atoms with E-state index in [1.165, 1.54) is 23.9 Å². The number of amides is 2. The zero-order valence-electron chi connectivity index (χ0n) is 16.5. The zero-order valence-corrected chi connectivity index (χ0v) is 18.9. The molecular weight excluding hydrogens is 464 g/mol. The highest BCUT2D eigenvalue weighted by molar-refractivity contribution is 7.99. The van der Waals surface area contributed by atoms with E-state index in [1.807, 2.05) is 0 Å². The van der Waals surface area contributed by atoms with Crippen molar-refractivity contribution >= 4 is 52.5 Å². The molecule has 0 saturated carbocycles. The van der Waals surface area contributed by atoms with Crippen molar-refractivity contribution in [3.63, 3.8) is 0 Å². The maximum Gasteiger partial charge on any atom is 0.251 e. The topological polar surface area (TPSA) is 88.9 Å². The SMILES string of the molecule is CC(NC(=O)c1cccc(NC(=O)CSc2nncn2C)c1)c1cc(F)c(Cl)cc1Cl. The Hall–Kier alpha value is -2.62. The first-order chi connectivity index (χ1) is 14.7. The summed E-state index contributed by atoms with van der Waals surface area (Å²) in [5.41, 5.74) is 1.21. The highest BCUT2D eigenvalue weighted by atomic mass is 35.5. The number of nitrogens with one attached hydrogen (secondary N) is 2. The molecule has 2 amide bonds. The minimum Gasteiger partial charge on any atom is -0.345 e. The summed E-state index contributed by atoms with van der Waals surface area (Å²) in [6, 6.07) is 8.42. The third-order valence-corrected chi connectivity index (χ3v) is 5.92. The number of halogens is 3. The van der Waals surface area contributed by atoms with Gasteiger partial charge in [-0.05, 0) is 42.8 Å². The van der Waals surface area contributed by atoms with Crippen LogP contribution in [-0.4, -0.2) is 32.3 Å². The van der Waals surface area contributed by atoms with Gasteiger partial charge in [0.1, 0.15) is 12.1 Å². The Labute approximate surface area is 192 Å². The van der Waals surface area contributed by atoms with Gasteiger partial charge >= 0.3 is 0 Å². The molecule has 0 aliphatic rings.